The van der Waals surface area contributed by atoms with E-state index in [4.69, 9.17) is 0 Å². The fraction of sp³-hybridized carbons (Fsp3) is 0.625. The summed E-state index contributed by atoms with van der Waals surface area (Å²) in [6.45, 7) is 0.933. The largest absolute Gasteiger partial charge is 0.293 e. The van der Waals surface area contributed by atoms with Gasteiger partial charge < -0.3 is 0 Å². The molecule has 76 valence electrons. The van der Waals surface area contributed by atoms with E-state index >= 15 is 0 Å². The van der Waals surface area contributed by atoms with Crippen LogP contribution in [0.15, 0.2) is 4.99 Å². The summed E-state index contributed by atoms with van der Waals surface area (Å²) in [6, 6.07) is 0. The molecule has 0 spiro atoms. The maximum atomic E-state index is 11.5. The minimum atomic E-state index is -0.280. The van der Waals surface area contributed by atoms with Crippen LogP contribution < -0.4 is 0 Å². The lowest BCUT2D eigenvalue weighted by atomic mass is 10.1. The lowest BCUT2D eigenvalue weighted by Crippen LogP contribution is -2.31. The number of nitrogens with zero attached hydrogens (tertiary/aromatic N) is 2. The fourth-order valence-corrected chi connectivity index (χ4v) is 1.33. The van der Waals surface area contributed by atoms with Crippen molar-refractivity contribution in [3.8, 4) is 0 Å². The summed E-state index contributed by atoms with van der Waals surface area (Å²) in [5.74, 6) is -0.303. The van der Waals surface area contributed by atoms with Crippen molar-refractivity contribution in [3.05, 3.63) is 0 Å². The summed E-state index contributed by atoms with van der Waals surface area (Å²) in [5, 5.41) is 0. The average molecular weight is 198 g/mol. The zero-order valence-corrected chi connectivity index (χ0v) is 7.51. The lowest BCUT2D eigenvalue weighted by molar-refractivity contribution is -0.248. The SMILES string of the molecule is O=C1CN(C(=O)CC2COOC2)C=N1. The molecule has 2 aliphatic rings. The highest BCUT2D eigenvalue weighted by atomic mass is 17.2. The Morgan fingerprint density at radius 2 is 2.29 bits per heavy atom. The predicted octanol–water partition coefficient (Wildman–Crippen LogP) is -0.648. The molecular formula is C8H10N2O4. The average Bonchev–Trinajstić information content (AvgIpc) is 2.75. The standard InChI is InChI=1S/C8H10N2O4/c11-7-2-10(5-9-7)8(12)1-6-3-13-14-4-6/h5-6H,1-4H2. The lowest BCUT2D eigenvalue weighted by Gasteiger charge is -2.12. The van der Waals surface area contributed by atoms with Gasteiger partial charge in [-0.1, -0.05) is 0 Å². The molecule has 2 amide bonds. The first kappa shape index (κ1) is 9.29. The second kappa shape index (κ2) is 3.85. The van der Waals surface area contributed by atoms with Crippen LogP contribution in [0, 0.1) is 5.92 Å². The van der Waals surface area contributed by atoms with Gasteiger partial charge in [-0.05, 0) is 0 Å². The predicted molar refractivity (Wildman–Crippen MR) is 45.2 cm³/mol. The van der Waals surface area contributed by atoms with Crippen molar-refractivity contribution in [2.75, 3.05) is 19.8 Å². The Morgan fingerprint density at radius 1 is 1.57 bits per heavy atom. The summed E-state index contributed by atoms with van der Waals surface area (Å²) >= 11 is 0. The summed E-state index contributed by atoms with van der Waals surface area (Å²) in [5.41, 5.74) is 0. The van der Waals surface area contributed by atoms with Gasteiger partial charge in [0, 0.05) is 12.3 Å². The molecule has 6 heteroatoms. The van der Waals surface area contributed by atoms with Crippen molar-refractivity contribution in [1.82, 2.24) is 4.90 Å². The highest BCUT2D eigenvalue weighted by Gasteiger charge is 2.26. The Kier molecular flexibility index (Phi) is 2.55. The highest BCUT2D eigenvalue weighted by Crippen LogP contribution is 2.14. The van der Waals surface area contributed by atoms with Crippen LogP contribution in [-0.2, 0) is 19.4 Å². The Morgan fingerprint density at radius 3 is 2.86 bits per heavy atom. The number of hydrogen-bond acceptors (Lipinski definition) is 4. The summed E-state index contributed by atoms with van der Waals surface area (Å²) in [7, 11) is 0. The maximum absolute atomic E-state index is 11.5. The van der Waals surface area contributed by atoms with E-state index in [2.05, 4.69) is 14.8 Å². The van der Waals surface area contributed by atoms with Gasteiger partial charge in [-0.25, -0.2) is 14.8 Å². The molecule has 0 bridgehead atoms. The van der Waals surface area contributed by atoms with Crippen LogP contribution in [-0.4, -0.2) is 42.8 Å². The van der Waals surface area contributed by atoms with Crippen molar-refractivity contribution < 1.29 is 19.4 Å². The molecule has 0 aromatic heterocycles. The minimum absolute atomic E-state index is 0.0628. The van der Waals surface area contributed by atoms with Crippen molar-refractivity contribution in [1.29, 1.82) is 0 Å². The molecule has 2 rings (SSSR count). The van der Waals surface area contributed by atoms with Crippen molar-refractivity contribution >= 4 is 18.2 Å². The fourth-order valence-electron chi connectivity index (χ4n) is 1.33. The molecule has 0 aromatic carbocycles. The van der Waals surface area contributed by atoms with E-state index in [-0.39, 0.29) is 24.3 Å². The third kappa shape index (κ3) is 1.97. The van der Waals surface area contributed by atoms with Crippen molar-refractivity contribution in [2.45, 2.75) is 6.42 Å². The Balaban J connectivity index is 1.83. The molecule has 6 nitrogen and oxygen atoms in total. The van der Waals surface area contributed by atoms with Crippen LogP contribution in [0.25, 0.3) is 0 Å². The van der Waals surface area contributed by atoms with E-state index in [0.29, 0.717) is 19.6 Å². The quantitative estimate of drug-likeness (QED) is 0.553. The van der Waals surface area contributed by atoms with Crippen LogP contribution in [0.3, 0.4) is 0 Å². The Hall–Kier alpha value is -1.27. The number of hydrogen-bond donors (Lipinski definition) is 0. The maximum Gasteiger partial charge on any atom is 0.267 e. The number of amides is 2. The first-order valence-corrected chi connectivity index (χ1v) is 4.36. The second-order valence-corrected chi connectivity index (χ2v) is 3.30. The molecule has 0 N–H and O–H groups in total. The van der Waals surface area contributed by atoms with Gasteiger partial charge >= 0.3 is 0 Å². The van der Waals surface area contributed by atoms with E-state index in [1.807, 2.05) is 0 Å². The number of rotatable bonds is 2. The molecule has 2 heterocycles. The van der Waals surface area contributed by atoms with Gasteiger partial charge in [-0.3, -0.25) is 14.5 Å². The van der Waals surface area contributed by atoms with Gasteiger partial charge in [-0.15, -0.1) is 0 Å². The van der Waals surface area contributed by atoms with Crippen LogP contribution in [0.1, 0.15) is 6.42 Å². The Bertz CT molecular complexity index is 283. The van der Waals surface area contributed by atoms with Crippen LogP contribution in [0.4, 0.5) is 0 Å². The third-order valence-electron chi connectivity index (χ3n) is 2.12. The monoisotopic (exact) mass is 198 g/mol. The molecule has 2 aliphatic heterocycles. The Labute approximate surface area is 80.4 Å². The zero-order valence-electron chi connectivity index (χ0n) is 7.51. The van der Waals surface area contributed by atoms with Crippen LogP contribution in [0.5, 0.6) is 0 Å². The van der Waals surface area contributed by atoms with Gasteiger partial charge in [0.25, 0.3) is 5.91 Å². The first-order valence-electron chi connectivity index (χ1n) is 4.36. The smallest absolute Gasteiger partial charge is 0.267 e. The third-order valence-corrected chi connectivity index (χ3v) is 2.12. The highest BCUT2D eigenvalue weighted by molar-refractivity contribution is 6.01. The molecule has 0 radical (unpaired) electrons. The van der Waals surface area contributed by atoms with Crippen LogP contribution in [0.2, 0.25) is 0 Å². The molecule has 1 saturated heterocycles. The molecule has 0 unspecified atom stereocenters. The van der Waals surface area contributed by atoms with Gasteiger partial charge in [0.2, 0.25) is 5.91 Å². The normalized spacial score (nSPS) is 22.3. The first-order chi connectivity index (χ1) is 6.75. The van der Waals surface area contributed by atoms with E-state index in [0.717, 1.165) is 0 Å². The summed E-state index contributed by atoms with van der Waals surface area (Å²) in [6.07, 6.45) is 1.61. The van der Waals surface area contributed by atoms with Gasteiger partial charge in [0.15, 0.2) is 0 Å². The molecule has 1 fully saturated rings. The van der Waals surface area contributed by atoms with Gasteiger partial charge in [-0.2, -0.15) is 0 Å². The number of carbonyl (C=O) groups excluding carboxylic acids is 2. The van der Waals surface area contributed by atoms with E-state index in [9.17, 15) is 9.59 Å². The molecule has 0 atom stereocenters. The van der Waals surface area contributed by atoms with E-state index < -0.39 is 0 Å². The number of carbonyl (C=O) groups is 2. The van der Waals surface area contributed by atoms with Crippen LogP contribution >= 0.6 is 0 Å². The van der Waals surface area contributed by atoms with Crippen molar-refractivity contribution in [2.24, 2.45) is 10.9 Å². The topological polar surface area (TPSA) is 68.2 Å². The molecule has 0 saturated carbocycles. The molecule has 0 aliphatic carbocycles. The van der Waals surface area contributed by atoms with E-state index in [1.54, 1.807) is 0 Å². The summed E-state index contributed by atoms with van der Waals surface area (Å²) < 4.78 is 0. The summed E-state index contributed by atoms with van der Waals surface area (Å²) in [4.78, 5) is 36.4. The number of aliphatic imine (C=N–C) groups is 1. The van der Waals surface area contributed by atoms with Crippen molar-refractivity contribution in [3.63, 3.8) is 0 Å². The molecule has 0 aromatic rings. The van der Waals surface area contributed by atoms with Gasteiger partial charge in [0.1, 0.15) is 12.9 Å². The second-order valence-electron chi connectivity index (χ2n) is 3.30. The minimum Gasteiger partial charge on any atom is -0.293 e. The molecular weight excluding hydrogens is 188 g/mol. The zero-order chi connectivity index (χ0) is 9.97. The van der Waals surface area contributed by atoms with E-state index in [1.165, 1.54) is 11.2 Å². The van der Waals surface area contributed by atoms with Gasteiger partial charge in [0.05, 0.1) is 13.2 Å². The molecule has 14 heavy (non-hydrogen) atoms.